The Morgan fingerprint density at radius 2 is 1.83 bits per heavy atom. The Bertz CT molecular complexity index is 853. The van der Waals surface area contributed by atoms with Crippen molar-refractivity contribution >= 4 is 49.2 Å². The fraction of sp³-hybridized carbons (Fsp3) is 0.188. The molecule has 0 spiro atoms. The van der Waals surface area contributed by atoms with E-state index in [2.05, 4.69) is 20.7 Å². The van der Waals surface area contributed by atoms with Crippen LogP contribution >= 0.6 is 27.5 Å². The molecule has 0 radical (unpaired) electrons. The summed E-state index contributed by atoms with van der Waals surface area (Å²) in [5, 5.41) is 0.411. The number of rotatable bonds is 5. The Hall–Kier alpha value is -1.57. The van der Waals surface area contributed by atoms with Gasteiger partial charge in [0.05, 0.1) is 17.7 Å². The standard InChI is InChI=1S/C16H15BrClNO4S/c1-11-3-6-13(9-15(11)18)19(10-16(20)23-2)24(21,22)14-7-4-12(17)5-8-14/h3-9H,10H2,1-2H3. The molecular weight excluding hydrogens is 418 g/mol. The number of halogens is 2. The topological polar surface area (TPSA) is 63.7 Å². The molecule has 2 rings (SSSR count). The molecule has 5 nitrogen and oxygen atoms in total. The van der Waals surface area contributed by atoms with Gasteiger partial charge in [-0.3, -0.25) is 9.10 Å². The first-order valence-electron chi connectivity index (χ1n) is 6.87. The van der Waals surface area contributed by atoms with Crippen molar-refractivity contribution in [3.05, 3.63) is 57.5 Å². The van der Waals surface area contributed by atoms with Gasteiger partial charge in [-0.25, -0.2) is 8.42 Å². The maximum absolute atomic E-state index is 13.0. The van der Waals surface area contributed by atoms with Gasteiger partial charge >= 0.3 is 5.97 Å². The number of esters is 1. The molecule has 8 heteroatoms. The number of ether oxygens (including phenoxy) is 1. The molecule has 128 valence electrons. The Morgan fingerprint density at radius 1 is 1.21 bits per heavy atom. The molecule has 0 aliphatic heterocycles. The van der Waals surface area contributed by atoms with Crippen molar-refractivity contribution in [3.63, 3.8) is 0 Å². The minimum Gasteiger partial charge on any atom is -0.468 e. The fourth-order valence-corrected chi connectivity index (χ4v) is 3.81. The van der Waals surface area contributed by atoms with Gasteiger partial charge in [-0.15, -0.1) is 0 Å². The molecule has 0 N–H and O–H groups in total. The van der Waals surface area contributed by atoms with Crippen LogP contribution in [0.25, 0.3) is 0 Å². The second-order valence-corrected chi connectivity index (χ2v) is 8.16. The van der Waals surface area contributed by atoms with Gasteiger partial charge in [-0.05, 0) is 48.9 Å². The van der Waals surface area contributed by atoms with Gasteiger partial charge in [0, 0.05) is 9.50 Å². The number of anilines is 1. The average Bonchev–Trinajstić information content (AvgIpc) is 2.55. The third kappa shape index (κ3) is 4.09. The van der Waals surface area contributed by atoms with Crippen molar-refractivity contribution in [1.29, 1.82) is 0 Å². The zero-order chi connectivity index (χ0) is 17.9. The van der Waals surface area contributed by atoms with E-state index in [1.54, 1.807) is 31.2 Å². The van der Waals surface area contributed by atoms with E-state index >= 15 is 0 Å². The molecule has 24 heavy (non-hydrogen) atoms. The third-order valence-electron chi connectivity index (χ3n) is 3.35. The van der Waals surface area contributed by atoms with Gasteiger partial charge in [-0.1, -0.05) is 33.6 Å². The first kappa shape index (κ1) is 18.8. The maximum atomic E-state index is 13.0. The van der Waals surface area contributed by atoms with Gasteiger partial charge < -0.3 is 4.74 Å². The summed E-state index contributed by atoms with van der Waals surface area (Å²) in [5.41, 5.74) is 1.10. The number of methoxy groups -OCH3 is 1. The number of hydrogen-bond acceptors (Lipinski definition) is 4. The van der Waals surface area contributed by atoms with Crippen LogP contribution in [0.3, 0.4) is 0 Å². The molecular formula is C16H15BrClNO4S. The Morgan fingerprint density at radius 3 is 2.38 bits per heavy atom. The zero-order valence-electron chi connectivity index (χ0n) is 13.0. The summed E-state index contributed by atoms with van der Waals surface area (Å²) in [7, 11) is -2.75. The highest BCUT2D eigenvalue weighted by Gasteiger charge is 2.27. The highest BCUT2D eigenvalue weighted by Crippen LogP contribution is 2.28. The Kier molecular flexibility index (Phi) is 5.90. The van der Waals surface area contributed by atoms with Gasteiger partial charge in [0.1, 0.15) is 6.54 Å². The molecule has 0 unspecified atom stereocenters. The largest absolute Gasteiger partial charge is 0.468 e. The predicted octanol–water partition coefficient (Wildman–Crippen LogP) is 3.78. The van der Waals surface area contributed by atoms with Crippen LogP contribution in [0.1, 0.15) is 5.56 Å². The molecule has 0 atom stereocenters. The summed E-state index contributed by atoms with van der Waals surface area (Å²) in [6, 6.07) is 10.9. The molecule has 0 amide bonds. The summed E-state index contributed by atoms with van der Waals surface area (Å²) in [5.74, 6) is -0.674. The second kappa shape index (κ2) is 7.55. The monoisotopic (exact) mass is 431 g/mol. The molecule has 0 aliphatic carbocycles. The van der Waals surface area contributed by atoms with Gasteiger partial charge in [0.15, 0.2) is 0 Å². The maximum Gasteiger partial charge on any atom is 0.326 e. The Balaban J connectivity index is 2.54. The number of aryl methyl sites for hydroxylation is 1. The molecule has 0 saturated carbocycles. The number of nitrogens with zero attached hydrogens (tertiary/aromatic N) is 1. The highest BCUT2D eigenvalue weighted by molar-refractivity contribution is 9.10. The number of carbonyl (C=O) groups is 1. The van der Waals surface area contributed by atoms with Gasteiger partial charge in [-0.2, -0.15) is 0 Å². The lowest BCUT2D eigenvalue weighted by atomic mass is 10.2. The molecule has 0 saturated heterocycles. The summed E-state index contributed by atoms with van der Waals surface area (Å²) in [4.78, 5) is 11.8. The van der Waals surface area contributed by atoms with Gasteiger partial charge in [0.25, 0.3) is 10.0 Å². The molecule has 0 aromatic heterocycles. The van der Waals surface area contributed by atoms with Crippen LogP contribution < -0.4 is 4.31 Å². The molecule has 0 fully saturated rings. The lowest BCUT2D eigenvalue weighted by Gasteiger charge is -2.24. The van der Waals surface area contributed by atoms with Crippen molar-refractivity contribution in [1.82, 2.24) is 0 Å². The van der Waals surface area contributed by atoms with Crippen LogP contribution in [0.15, 0.2) is 51.8 Å². The molecule has 2 aromatic carbocycles. The lowest BCUT2D eigenvalue weighted by molar-refractivity contribution is -0.138. The summed E-state index contributed by atoms with van der Waals surface area (Å²) < 4.78 is 32.3. The van der Waals surface area contributed by atoms with Crippen LogP contribution in [0.5, 0.6) is 0 Å². The number of sulfonamides is 1. The van der Waals surface area contributed by atoms with Crippen molar-refractivity contribution in [2.45, 2.75) is 11.8 Å². The number of carbonyl (C=O) groups excluding carboxylic acids is 1. The lowest BCUT2D eigenvalue weighted by Crippen LogP contribution is -2.36. The molecule has 0 heterocycles. The highest BCUT2D eigenvalue weighted by atomic mass is 79.9. The molecule has 0 aliphatic rings. The van der Waals surface area contributed by atoms with Crippen LogP contribution in [0.4, 0.5) is 5.69 Å². The van der Waals surface area contributed by atoms with Crippen molar-refractivity contribution in [3.8, 4) is 0 Å². The predicted molar refractivity (Wildman–Crippen MR) is 96.9 cm³/mol. The zero-order valence-corrected chi connectivity index (χ0v) is 16.2. The minimum absolute atomic E-state index is 0.0614. The fourth-order valence-electron chi connectivity index (χ4n) is 1.97. The summed E-state index contributed by atoms with van der Waals surface area (Å²) in [6.07, 6.45) is 0. The van der Waals surface area contributed by atoms with Crippen LogP contribution in [0.2, 0.25) is 5.02 Å². The third-order valence-corrected chi connectivity index (χ3v) is 6.07. The Labute approximate surface area is 154 Å². The van der Waals surface area contributed by atoms with Crippen molar-refractivity contribution < 1.29 is 17.9 Å². The first-order chi connectivity index (χ1) is 11.3. The number of benzene rings is 2. The first-order valence-corrected chi connectivity index (χ1v) is 9.48. The van der Waals surface area contributed by atoms with Crippen molar-refractivity contribution in [2.24, 2.45) is 0 Å². The summed E-state index contributed by atoms with van der Waals surface area (Å²) >= 11 is 9.36. The number of hydrogen-bond donors (Lipinski definition) is 0. The van der Waals surface area contributed by atoms with Gasteiger partial charge in [0.2, 0.25) is 0 Å². The molecule has 0 bridgehead atoms. The molecule has 2 aromatic rings. The van der Waals surface area contributed by atoms with Crippen LogP contribution in [-0.4, -0.2) is 28.0 Å². The normalized spacial score (nSPS) is 11.2. The van der Waals surface area contributed by atoms with E-state index in [9.17, 15) is 13.2 Å². The van der Waals surface area contributed by atoms with Crippen molar-refractivity contribution in [2.75, 3.05) is 18.0 Å². The van der Waals surface area contributed by atoms with Crippen LogP contribution in [0, 0.1) is 6.92 Å². The van der Waals surface area contributed by atoms with E-state index in [-0.39, 0.29) is 4.90 Å². The minimum atomic E-state index is -3.95. The van der Waals surface area contributed by atoms with E-state index in [1.165, 1.54) is 25.3 Å². The quantitative estimate of drug-likeness (QED) is 0.675. The van der Waals surface area contributed by atoms with E-state index in [0.29, 0.717) is 10.7 Å². The van der Waals surface area contributed by atoms with Crippen LogP contribution in [-0.2, 0) is 19.6 Å². The van der Waals surface area contributed by atoms with E-state index < -0.39 is 22.5 Å². The SMILES string of the molecule is COC(=O)CN(c1ccc(C)c(Cl)c1)S(=O)(=O)c1ccc(Br)cc1. The second-order valence-electron chi connectivity index (χ2n) is 4.98. The summed E-state index contributed by atoms with van der Waals surface area (Å²) in [6.45, 7) is 1.36. The van der Waals surface area contributed by atoms with E-state index in [4.69, 9.17) is 11.6 Å². The average molecular weight is 433 g/mol. The smallest absolute Gasteiger partial charge is 0.326 e. The van der Waals surface area contributed by atoms with E-state index in [1.807, 2.05) is 0 Å². The van der Waals surface area contributed by atoms with E-state index in [0.717, 1.165) is 14.3 Å².